The summed E-state index contributed by atoms with van der Waals surface area (Å²) in [6.07, 6.45) is 4.84. The molecule has 44 heavy (non-hydrogen) atoms. The monoisotopic (exact) mass is 637 g/mol. The lowest BCUT2D eigenvalue weighted by Gasteiger charge is -2.36. The molecule has 12 nitrogen and oxygen atoms in total. The van der Waals surface area contributed by atoms with E-state index in [1.54, 1.807) is 53.6 Å². The van der Waals surface area contributed by atoms with Crippen molar-refractivity contribution >= 4 is 50.6 Å². The van der Waals surface area contributed by atoms with Gasteiger partial charge in [-0.25, -0.2) is 31.9 Å². The number of likely N-dealkylation sites (tertiary alicyclic amines) is 2. The summed E-state index contributed by atoms with van der Waals surface area (Å²) in [5.74, 6) is 0.320. The van der Waals surface area contributed by atoms with Crippen LogP contribution in [0, 0.1) is 0 Å². The first-order valence-corrected chi connectivity index (χ1v) is 16.3. The molecular weight excluding hydrogens is 606 g/mol. The quantitative estimate of drug-likeness (QED) is 0.275. The summed E-state index contributed by atoms with van der Waals surface area (Å²) in [6, 6.07) is 15.1. The number of piperidine rings is 2. The van der Waals surface area contributed by atoms with Crippen molar-refractivity contribution < 1.29 is 23.1 Å². The number of benzene rings is 2. The normalized spacial score (nSPS) is 17.9. The zero-order valence-corrected chi connectivity index (χ0v) is 25.3. The highest BCUT2D eigenvalue weighted by Gasteiger charge is 2.29. The molecule has 0 radical (unpaired) electrons. The van der Waals surface area contributed by atoms with Gasteiger partial charge in [-0.3, -0.25) is 0 Å². The number of hydrogen-bond donors (Lipinski definition) is 3. The molecule has 2 aliphatic heterocycles. The average molecular weight is 638 g/mol. The molecule has 4 heterocycles. The van der Waals surface area contributed by atoms with Gasteiger partial charge in [-0.2, -0.15) is 0 Å². The molecule has 0 saturated carbocycles. The van der Waals surface area contributed by atoms with Crippen LogP contribution in [0.25, 0.3) is 22.2 Å². The Balaban J connectivity index is 1.20. The van der Waals surface area contributed by atoms with E-state index in [4.69, 9.17) is 21.7 Å². The number of para-hydroxylation sites is 1. The van der Waals surface area contributed by atoms with Crippen molar-refractivity contribution in [1.82, 2.24) is 29.1 Å². The van der Waals surface area contributed by atoms with E-state index in [2.05, 4.69) is 15.6 Å². The molecule has 2 fully saturated rings. The topological polar surface area (TPSA) is 150 Å². The summed E-state index contributed by atoms with van der Waals surface area (Å²) >= 11 is 6.59. The summed E-state index contributed by atoms with van der Waals surface area (Å²) in [7, 11) is -3.89. The number of halogens is 1. The van der Waals surface area contributed by atoms with Crippen LogP contribution < -0.4 is 10.6 Å². The Hall–Kier alpha value is -4.36. The third-order valence-electron chi connectivity index (χ3n) is 8.11. The van der Waals surface area contributed by atoms with E-state index >= 15 is 0 Å². The van der Waals surface area contributed by atoms with Crippen molar-refractivity contribution in [3.8, 4) is 11.3 Å². The van der Waals surface area contributed by atoms with Crippen LogP contribution in [-0.4, -0.2) is 87.7 Å². The van der Waals surface area contributed by atoms with Crippen LogP contribution in [0.1, 0.15) is 25.7 Å². The van der Waals surface area contributed by atoms with Gasteiger partial charge in [0.15, 0.2) is 0 Å². The molecule has 2 aromatic carbocycles. The Bertz CT molecular complexity index is 1790. The van der Waals surface area contributed by atoms with Gasteiger partial charge in [0.1, 0.15) is 0 Å². The van der Waals surface area contributed by atoms with Gasteiger partial charge < -0.3 is 25.5 Å². The van der Waals surface area contributed by atoms with Crippen LogP contribution in [0.15, 0.2) is 71.9 Å². The van der Waals surface area contributed by atoms with Crippen LogP contribution in [0.2, 0.25) is 5.02 Å². The Morgan fingerprint density at radius 2 is 1.66 bits per heavy atom. The average Bonchev–Trinajstić information content (AvgIpc) is 3.43. The molecule has 2 aliphatic rings. The second-order valence-electron chi connectivity index (χ2n) is 11.0. The van der Waals surface area contributed by atoms with Gasteiger partial charge in [0.25, 0.3) is 10.0 Å². The molecule has 2 saturated heterocycles. The van der Waals surface area contributed by atoms with E-state index in [1.165, 1.54) is 15.1 Å². The van der Waals surface area contributed by atoms with Gasteiger partial charge >= 0.3 is 12.1 Å². The van der Waals surface area contributed by atoms with Gasteiger partial charge in [0, 0.05) is 55.4 Å². The van der Waals surface area contributed by atoms with Crippen LogP contribution in [0.4, 0.5) is 15.5 Å². The maximum absolute atomic E-state index is 13.6. The van der Waals surface area contributed by atoms with E-state index in [1.807, 2.05) is 12.1 Å². The number of nitrogens with one attached hydrogen (secondary N) is 2. The minimum atomic E-state index is -3.89. The third kappa shape index (κ3) is 6.02. The molecule has 1 unspecified atom stereocenters. The molecule has 3 N–H and O–H groups in total. The van der Waals surface area contributed by atoms with Crippen molar-refractivity contribution in [2.75, 3.05) is 31.5 Å². The number of anilines is 1. The molecule has 3 amide bonds. The first-order chi connectivity index (χ1) is 21.2. The van der Waals surface area contributed by atoms with Gasteiger partial charge in [-0.15, -0.1) is 0 Å². The Kier molecular flexibility index (Phi) is 8.32. The molecular formula is C30H32ClN7O5S. The summed E-state index contributed by atoms with van der Waals surface area (Å²) in [5, 5.41) is 16.5. The highest BCUT2D eigenvalue weighted by Crippen LogP contribution is 2.36. The maximum Gasteiger partial charge on any atom is 0.407 e. The molecule has 0 spiro atoms. The summed E-state index contributed by atoms with van der Waals surface area (Å²) in [6.45, 7) is 1.85. The first-order valence-electron chi connectivity index (χ1n) is 14.4. The van der Waals surface area contributed by atoms with Crippen molar-refractivity contribution in [3.63, 3.8) is 0 Å². The number of nitrogens with zero attached hydrogens (tertiary/aromatic N) is 5. The number of hydrogen-bond acceptors (Lipinski definition) is 7. The number of carbonyl (C=O) groups excluding carboxylic acids is 1. The minimum Gasteiger partial charge on any atom is -0.465 e. The number of fused-ring (bicyclic) bond motifs is 1. The maximum atomic E-state index is 13.6. The van der Waals surface area contributed by atoms with Gasteiger partial charge in [-0.1, -0.05) is 48.0 Å². The van der Waals surface area contributed by atoms with Crippen LogP contribution in [-0.2, 0) is 10.0 Å². The van der Waals surface area contributed by atoms with Gasteiger partial charge in [0.05, 0.1) is 27.3 Å². The van der Waals surface area contributed by atoms with Crippen LogP contribution >= 0.6 is 11.6 Å². The SMILES string of the molecule is O=C(O)N1CCC(NC(=O)N2CCCC(Nc3ncc(Cl)c(-c4cn(S(=O)(=O)c5ccccc5)c5ccccc45)n3)C2)CC1. The van der Waals surface area contributed by atoms with E-state index in [0.29, 0.717) is 67.1 Å². The van der Waals surface area contributed by atoms with E-state index in [-0.39, 0.29) is 28.0 Å². The lowest BCUT2D eigenvalue weighted by Crippen LogP contribution is -2.53. The summed E-state index contributed by atoms with van der Waals surface area (Å²) in [5.41, 5.74) is 1.44. The van der Waals surface area contributed by atoms with Gasteiger partial charge in [-0.05, 0) is 43.9 Å². The molecule has 6 rings (SSSR count). The second-order valence-corrected chi connectivity index (χ2v) is 13.2. The third-order valence-corrected chi connectivity index (χ3v) is 10.1. The van der Waals surface area contributed by atoms with Crippen LogP contribution in [0.3, 0.4) is 0 Å². The fraction of sp³-hybridized carbons (Fsp3) is 0.333. The fourth-order valence-electron chi connectivity index (χ4n) is 5.81. The van der Waals surface area contributed by atoms with E-state index < -0.39 is 16.1 Å². The van der Waals surface area contributed by atoms with Crippen molar-refractivity contribution in [3.05, 3.63) is 72.0 Å². The predicted molar refractivity (Wildman–Crippen MR) is 166 cm³/mol. The number of rotatable bonds is 6. The standard InChI is InChI=1S/C30H32ClN7O5S/c31-25-17-32-28(33-21-7-6-14-37(18-21)29(39)34-20-12-15-36(16-13-20)30(40)41)35-27(25)24-19-38(26-11-5-4-10-23(24)26)44(42,43)22-8-2-1-3-9-22/h1-5,8-11,17,19-21H,6-7,12-16,18H2,(H,34,39)(H,40,41)(H,32,33,35). The number of urea groups is 1. The number of carbonyl (C=O) groups is 2. The summed E-state index contributed by atoms with van der Waals surface area (Å²) < 4.78 is 28.4. The molecule has 14 heteroatoms. The summed E-state index contributed by atoms with van der Waals surface area (Å²) in [4.78, 5) is 36.6. The van der Waals surface area contributed by atoms with E-state index in [0.717, 1.165) is 12.8 Å². The zero-order valence-electron chi connectivity index (χ0n) is 23.8. The lowest BCUT2D eigenvalue weighted by atomic mass is 10.0. The zero-order chi connectivity index (χ0) is 30.8. The molecule has 4 aromatic rings. The highest BCUT2D eigenvalue weighted by molar-refractivity contribution is 7.90. The molecule has 0 bridgehead atoms. The predicted octanol–water partition coefficient (Wildman–Crippen LogP) is 4.72. The van der Waals surface area contributed by atoms with Gasteiger partial charge in [0.2, 0.25) is 5.95 Å². The van der Waals surface area contributed by atoms with E-state index in [9.17, 15) is 18.0 Å². The smallest absolute Gasteiger partial charge is 0.407 e. The first kappa shape index (κ1) is 29.7. The highest BCUT2D eigenvalue weighted by atomic mass is 35.5. The minimum absolute atomic E-state index is 0.0681. The molecule has 2 aromatic heterocycles. The lowest BCUT2D eigenvalue weighted by molar-refractivity contribution is 0.127. The second kappa shape index (κ2) is 12.3. The molecule has 1 atom stereocenters. The number of amides is 3. The number of carboxylic acid groups (broad SMARTS) is 1. The van der Waals surface area contributed by atoms with Crippen molar-refractivity contribution in [1.29, 1.82) is 0 Å². The largest absolute Gasteiger partial charge is 0.465 e. The Morgan fingerprint density at radius 3 is 2.41 bits per heavy atom. The van der Waals surface area contributed by atoms with Crippen molar-refractivity contribution in [2.45, 2.75) is 42.7 Å². The molecule has 230 valence electrons. The number of aromatic nitrogens is 3. The Labute approximate surface area is 259 Å². The fourth-order valence-corrected chi connectivity index (χ4v) is 7.40. The van der Waals surface area contributed by atoms with Crippen LogP contribution in [0.5, 0.6) is 0 Å². The Morgan fingerprint density at radius 1 is 0.932 bits per heavy atom. The molecule has 0 aliphatic carbocycles. The van der Waals surface area contributed by atoms with Crippen molar-refractivity contribution in [2.24, 2.45) is 0 Å².